The first-order valence-corrected chi connectivity index (χ1v) is 6.91. The lowest BCUT2D eigenvalue weighted by atomic mass is 10.0. The molecular weight excluding hydrogens is 216 g/mol. The van der Waals surface area contributed by atoms with E-state index in [-0.39, 0.29) is 18.1 Å². The van der Waals surface area contributed by atoms with E-state index in [2.05, 4.69) is 5.32 Å². The van der Waals surface area contributed by atoms with Crippen molar-refractivity contribution in [2.24, 2.45) is 0 Å². The highest BCUT2D eigenvalue weighted by Gasteiger charge is 2.27. The molecule has 0 aromatic carbocycles. The molecule has 2 unspecified atom stereocenters. The third kappa shape index (κ3) is 3.68. The molecule has 2 rings (SSSR count). The van der Waals surface area contributed by atoms with E-state index < -0.39 is 0 Å². The average Bonchev–Trinajstić information content (AvgIpc) is 2.28. The smallest absolute Gasteiger partial charge is 0.239 e. The maximum atomic E-state index is 12.4. The second-order valence-corrected chi connectivity index (χ2v) is 5.18. The van der Waals surface area contributed by atoms with Gasteiger partial charge in [0.15, 0.2) is 0 Å². The zero-order valence-corrected chi connectivity index (χ0v) is 10.8. The zero-order valence-electron chi connectivity index (χ0n) is 10.8. The first kappa shape index (κ1) is 12.8. The van der Waals surface area contributed by atoms with Crippen LogP contribution in [0.2, 0.25) is 0 Å². The summed E-state index contributed by atoms with van der Waals surface area (Å²) in [6.07, 6.45) is 6.10. The van der Waals surface area contributed by atoms with Crippen molar-refractivity contribution in [3.05, 3.63) is 0 Å². The van der Waals surface area contributed by atoms with Gasteiger partial charge < -0.3 is 15.0 Å². The fourth-order valence-electron chi connectivity index (χ4n) is 2.66. The Morgan fingerprint density at radius 2 is 2.12 bits per heavy atom. The van der Waals surface area contributed by atoms with Gasteiger partial charge in [-0.05, 0) is 26.3 Å². The first-order chi connectivity index (χ1) is 8.27. The lowest BCUT2D eigenvalue weighted by Crippen LogP contribution is -2.52. The fourth-order valence-corrected chi connectivity index (χ4v) is 2.66. The monoisotopic (exact) mass is 240 g/mol. The van der Waals surface area contributed by atoms with Gasteiger partial charge >= 0.3 is 0 Å². The minimum atomic E-state index is 0.0422. The molecule has 2 aliphatic rings. The quantitative estimate of drug-likeness (QED) is 0.747. The van der Waals surface area contributed by atoms with Crippen LogP contribution in [0.3, 0.4) is 0 Å². The van der Waals surface area contributed by atoms with Crippen LogP contribution in [-0.4, -0.2) is 49.2 Å². The molecule has 4 nitrogen and oxygen atoms in total. The molecule has 0 spiro atoms. The van der Waals surface area contributed by atoms with E-state index in [4.69, 9.17) is 4.74 Å². The molecule has 0 aromatic rings. The Kier molecular flexibility index (Phi) is 4.80. The van der Waals surface area contributed by atoms with Crippen molar-refractivity contribution in [2.45, 2.75) is 51.2 Å². The highest BCUT2D eigenvalue weighted by atomic mass is 16.5. The number of rotatable bonds is 1. The van der Waals surface area contributed by atoms with Crippen molar-refractivity contribution >= 4 is 5.91 Å². The van der Waals surface area contributed by atoms with Crippen molar-refractivity contribution in [1.82, 2.24) is 10.2 Å². The molecule has 2 atom stereocenters. The Bertz CT molecular complexity index is 250. The lowest BCUT2D eigenvalue weighted by molar-refractivity contribution is -0.140. The van der Waals surface area contributed by atoms with Crippen LogP contribution in [0.25, 0.3) is 0 Å². The van der Waals surface area contributed by atoms with Crippen molar-refractivity contribution in [1.29, 1.82) is 0 Å². The average molecular weight is 240 g/mol. The predicted octanol–water partition coefficient (Wildman–Crippen LogP) is 1.16. The number of hydrogen-bond acceptors (Lipinski definition) is 3. The van der Waals surface area contributed by atoms with Gasteiger partial charge in [-0.2, -0.15) is 0 Å². The zero-order chi connectivity index (χ0) is 12.1. The van der Waals surface area contributed by atoms with Crippen molar-refractivity contribution in [3.8, 4) is 0 Å². The molecule has 0 aliphatic carbocycles. The van der Waals surface area contributed by atoms with Crippen molar-refractivity contribution in [2.75, 3.05) is 26.2 Å². The predicted molar refractivity (Wildman–Crippen MR) is 66.9 cm³/mol. The summed E-state index contributed by atoms with van der Waals surface area (Å²) in [6, 6.07) is 0.0422. The molecular formula is C13H24N2O2. The Balaban J connectivity index is 1.87. The lowest BCUT2D eigenvalue weighted by Gasteiger charge is -2.34. The standard InChI is InChI=1S/C13H24N2O2/c1-11-10-15(8-9-17-11)13(16)12-6-4-2-3-5-7-14-12/h11-12,14H,2-10H2,1H3. The van der Waals surface area contributed by atoms with Crippen LogP contribution in [-0.2, 0) is 9.53 Å². The van der Waals surface area contributed by atoms with Gasteiger partial charge in [-0.15, -0.1) is 0 Å². The molecule has 2 fully saturated rings. The Morgan fingerprint density at radius 1 is 1.29 bits per heavy atom. The van der Waals surface area contributed by atoms with Gasteiger partial charge in [-0.25, -0.2) is 0 Å². The molecule has 2 heterocycles. The van der Waals surface area contributed by atoms with Gasteiger partial charge in [-0.3, -0.25) is 4.79 Å². The van der Waals surface area contributed by atoms with Gasteiger partial charge in [0.2, 0.25) is 5.91 Å². The maximum absolute atomic E-state index is 12.4. The van der Waals surface area contributed by atoms with Crippen LogP contribution in [0.4, 0.5) is 0 Å². The van der Waals surface area contributed by atoms with Crippen LogP contribution in [0.1, 0.15) is 39.0 Å². The van der Waals surface area contributed by atoms with E-state index in [0.717, 1.165) is 26.1 Å². The van der Waals surface area contributed by atoms with E-state index in [1.54, 1.807) is 0 Å². The Morgan fingerprint density at radius 3 is 2.94 bits per heavy atom. The highest BCUT2D eigenvalue weighted by Crippen LogP contribution is 2.13. The van der Waals surface area contributed by atoms with Gasteiger partial charge in [0.25, 0.3) is 0 Å². The van der Waals surface area contributed by atoms with E-state index in [9.17, 15) is 4.79 Å². The molecule has 17 heavy (non-hydrogen) atoms. The molecule has 2 saturated heterocycles. The maximum Gasteiger partial charge on any atom is 0.239 e. The number of hydrogen-bond donors (Lipinski definition) is 1. The topological polar surface area (TPSA) is 41.6 Å². The van der Waals surface area contributed by atoms with Gasteiger partial charge in [0, 0.05) is 13.1 Å². The summed E-state index contributed by atoms with van der Waals surface area (Å²) in [7, 11) is 0. The van der Waals surface area contributed by atoms with Gasteiger partial charge in [0.05, 0.1) is 18.8 Å². The minimum Gasteiger partial charge on any atom is -0.375 e. The van der Waals surface area contributed by atoms with Gasteiger partial charge in [0.1, 0.15) is 0 Å². The number of amides is 1. The summed E-state index contributed by atoms with van der Waals surface area (Å²) < 4.78 is 5.48. The van der Waals surface area contributed by atoms with E-state index >= 15 is 0 Å². The summed E-state index contributed by atoms with van der Waals surface area (Å²) in [6.45, 7) is 5.19. The molecule has 4 heteroatoms. The number of carbonyl (C=O) groups excluding carboxylic acids is 1. The number of morpholine rings is 1. The summed E-state index contributed by atoms with van der Waals surface area (Å²) in [5.74, 6) is 0.280. The van der Waals surface area contributed by atoms with Gasteiger partial charge in [-0.1, -0.05) is 19.3 Å². The number of carbonyl (C=O) groups is 1. The summed E-state index contributed by atoms with van der Waals surface area (Å²) in [5, 5.41) is 3.40. The number of nitrogens with one attached hydrogen (secondary N) is 1. The largest absolute Gasteiger partial charge is 0.375 e. The molecule has 0 saturated carbocycles. The van der Waals surface area contributed by atoms with E-state index in [1.807, 2.05) is 11.8 Å². The molecule has 1 amide bonds. The Labute approximate surface area is 104 Å². The third-order valence-corrected chi connectivity index (χ3v) is 3.66. The molecule has 2 aliphatic heterocycles. The fraction of sp³-hybridized carbons (Fsp3) is 0.923. The number of nitrogens with zero attached hydrogens (tertiary/aromatic N) is 1. The van der Waals surface area contributed by atoms with Crippen molar-refractivity contribution < 1.29 is 9.53 Å². The van der Waals surface area contributed by atoms with Crippen LogP contribution >= 0.6 is 0 Å². The molecule has 1 N–H and O–H groups in total. The van der Waals surface area contributed by atoms with Crippen LogP contribution < -0.4 is 5.32 Å². The summed E-state index contributed by atoms with van der Waals surface area (Å²) >= 11 is 0. The van der Waals surface area contributed by atoms with Crippen LogP contribution in [0.5, 0.6) is 0 Å². The second kappa shape index (κ2) is 6.36. The third-order valence-electron chi connectivity index (χ3n) is 3.66. The van der Waals surface area contributed by atoms with Crippen LogP contribution in [0, 0.1) is 0 Å². The normalized spacial score (nSPS) is 31.7. The van der Waals surface area contributed by atoms with Crippen LogP contribution in [0.15, 0.2) is 0 Å². The summed E-state index contributed by atoms with van der Waals surface area (Å²) in [5.41, 5.74) is 0. The summed E-state index contributed by atoms with van der Waals surface area (Å²) in [4.78, 5) is 14.3. The number of ether oxygens (including phenoxy) is 1. The van der Waals surface area contributed by atoms with E-state index in [0.29, 0.717) is 6.61 Å². The molecule has 0 radical (unpaired) electrons. The van der Waals surface area contributed by atoms with E-state index in [1.165, 1.54) is 25.7 Å². The SMILES string of the molecule is CC1CN(C(=O)C2CCCCCCN2)CCO1. The second-order valence-electron chi connectivity index (χ2n) is 5.18. The minimum absolute atomic E-state index is 0.0422. The molecule has 0 bridgehead atoms. The molecule has 98 valence electrons. The molecule has 0 aromatic heterocycles. The Hall–Kier alpha value is -0.610. The first-order valence-electron chi connectivity index (χ1n) is 6.91. The van der Waals surface area contributed by atoms with Crippen molar-refractivity contribution in [3.63, 3.8) is 0 Å². The highest BCUT2D eigenvalue weighted by molar-refractivity contribution is 5.82.